The van der Waals surface area contributed by atoms with E-state index in [-0.39, 0.29) is 0 Å². The first-order valence-corrected chi connectivity index (χ1v) is 5.69. The summed E-state index contributed by atoms with van der Waals surface area (Å²) in [5.74, 6) is -0.181. The van der Waals surface area contributed by atoms with E-state index in [1.807, 2.05) is 18.2 Å². The number of benzene rings is 1. The summed E-state index contributed by atoms with van der Waals surface area (Å²) in [6.07, 6.45) is 2.99. The van der Waals surface area contributed by atoms with Crippen LogP contribution in [-0.2, 0) is 11.2 Å². The average molecular weight is 222 g/mol. The van der Waals surface area contributed by atoms with Crippen LogP contribution in [0.3, 0.4) is 0 Å². The SMILES string of the molecule is O=C(O)C(S)Cc1ccccc1C1CC1. The normalized spacial score (nSPS) is 17.4. The van der Waals surface area contributed by atoms with Gasteiger partial charge in [0.25, 0.3) is 0 Å². The van der Waals surface area contributed by atoms with Crippen molar-refractivity contribution in [2.45, 2.75) is 30.4 Å². The van der Waals surface area contributed by atoms with Gasteiger partial charge in [-0.3, -0.25) is 4.79 Å². The first-order valence-electron chi connectivity index (χ1n) is 5.17. The molecule has 0 radical (unpaired) electrons. The van der Waals surface area contributed by atoms with Gasteiger partial charge in [-0.2, -0.15) is 12.6 Å². The molecule has 1 unspecified atom stereocenters. The maximum absolute atomic E-state index is 10.7. The van der Waals surface area contributed by atoms with Gasteiger partial charge in [0.2, 0.25) is 0 Å². The molecule has 0 aromatic heterocycles. The van der Waals surface area contributed by atoms with E-state index in [9.17, 15) is 4.79 Å². The second kappa shape index (κ2) is 4.27. The van der Waals surface area contributed by atoms with Crippen LogP contribution in [0.15, 0.2) is 24.3 Å². The standard InChI is InChI=1S/C12H14O2S/c13-12(14)11(15)7-9-3-1-2-4-10(9)8-5-6-8/h1-4,8,11,15H,5-7H2,(H,13,14). The monoisotopic (exact) mass is 222 g/mol. The van der Waals surface area contributed by atoms with E-state index < -0.39 is 11.2 Å². The van der Waals surface area contributed by atoms with Crippen LogP contribution in [-0.4, -0.2) is 16.3 Å². The molecule has 0 heterocycles. The van der Waals surface area contributed by atoms with Gasteiger partial charge in [0.05, 0.1) is 0 Å². The Bertz CT molecular complexity index is 372. The predicted octanol–water partition coefficient (Wildman–Crippen LogP) is 2.49. The number of aliphatic carboxylic acids is 1. The van der Waals surface area contributed by atoms with Gasteiger partial charge in [-0.1, -0.05) is 24.3 Å². The maximum Gasteiger partial charge on any atom is 0.316 e. The molecule has 0 spiro atoms. The van der Waals surface area contributed by atoms with E-state index in [1.54, 1.807) is 0 Å². The van der Waals surface area contributed by atoms with Gasteiger partial charge in [0.15, 0.2) is 0 Å². The summed E-state index contributed by atoms with van der Waals surface area (Å²) in [5.41, 5.74) is 2.46. The van der Waals surface area contributed by atoms with E-state index in [1.165, 1.54) is 18.4 Å². The smallest absolute Gasteiger partial charge is 0.316 e. The van der Waals surface area contributed by atoms with Crippen LogP contribution >= 0.6 is 12.6 Å². The predicted molar refractivity (Wildman–Crippen MR) is 62.5 cm³/mol. The lowest BCUT2D eigenvalue weighted by Crippen LogP contribution is -2.16. The van der Waals surface area contributed by atoms with Crippen molar-refractivity contribution in [2.75, 3.05) is 0 Å². The van der Waals surface area contributed by atoms with Crippen LogP contribution in [0, 0.1) is 0 Å². The van der Waals surface area contributed by atoms with Gasteiger partial charge in [0.1, 0.15) is 5.25 Å². The maximum atomic E-state index is 10.7. The fraction of sp³-hybridized carbons (Fsp3) is 0.417. The van der Waals surface area contributed by atoms with E-state index in [4.69, 9.17) is 5.11 Å². The molecule has 1 N–H and O–H groups in total. The van der Waals surface area contributed by atoms with Gasteiger partial charge >= 0.3 is 5.97 Å². The third-order valence-corrected chi connectivity index (χ3v) is 3.17. The Hall–Kier alpha value is -0.960. The molecular weight excluding hydrogens is 208 g/mol. The van der Waals surface area contributed by atoms with E-state index in [0.717, 1.165) is 5.56 Å². The molecule has 0 saturated heterocycles. The highest BCUT2D eigenvalue weighted by Gasteiger charge is 2.26. The third-order valence-electron chi connectivity index (χ3n) is 2.77. The van der Waals surface area contributed by atoms with E-state index in [0.29, 0.717) is 12.3 Å². The molecule has 1 atom stereocenters. The summed E-state index contributed by atoms with van der Waals surface area (Å²) in [7, 11) is 0. The van der Waals surface area contributed by atoms with Crippen molar-refractivity contribution in [2.24, 2.45) is 0 Å². The third kappa shape index (κ3) is 2.53. The quantitative estimate of drug-likeness (QED) is 0.768. The molecule has 1 saturated carbocycles. The summed E-state index contributed by atoms with van der Waals surface area (Å²) in [5, 5.41) is 8.22. The molecule has 1 aromatic carbocycles. The van der Waals surface area contributed by atoms with Crippen molar-refractivity contribution in [3.05, 3.63) is 35.4 Å². The highest BCUT2D eigenvalue weighted by molar-refractivity contribution is 7.81. The zero-order valence-corrected chi connectivity index (χ0v) is 9.28. The Kier molecular flexibility index (Phi) is 3.00. The zero-order valence-electron chi connectivity index (χ0n) is 8.39. The molecule has 0 aliphatic heterocycles. The number of hydrogen-bond donors (Lipinski definition) is 2. The summed E-state index contributed by atoms with van der Waals surface area (Å²) in [6.45, 7) is 0. The van der Waals surface area contributed by atoms with Gasteiger partial charge in [-0.05, 0) is 36.3 Å². The van der Waals surface area contributed by atoms with Crippen LogP contribution < -0.4 is 0 Å². The molecule has 2 rings (SSSR count). The lowest BCUT2D eigenvalue weighted by atomic mass is 9.99. The molecule has 1 aliphatic rings. The minimum Gasteiger partial charge on any atom is -0.480 e. The largest absolute Gasteiger partial charge is 0.480 e. The Balaban J connectivity index is 2.16. The lowest BCUT2D eigenvalue weighted by Gasteiger charge is -2.10. The first-order chi connectivity index (χ1) is 7.18. The van der Waals surface area contributed by atoms with Crippen LogP contribution in [0.25, 0.3) is 0 Å². The first kappa shape index (κ1) is 10.6. The second-order valence-electron chi connectivity index (χ2n) is 4.03. The van der Waals surface area contributed by atoms with Crippen molar-refractivity contribution >= 4 is 18.6 Å². The van der Waals surface area contributed by atoms with Crippen molar-refractivity contribution in [3.8, 4) is 0 Å². The molecule has 2 nitrogen and oxygen atoms in total. The summed E-state index contributed by atoms with van der Waals surface area (Å²) < 4.78 is 0. The van der Waals surface area contributed by atoms with Crippen LogP contribution in [0.2, 0.25) is 0 Å². The fourth-order valence-corrected chi connectivity index (χ4v) is 2.01. The molecule has 1 aromatic rings. The van der Waals surface area contributed by atoms with Gasteiger partial charge in [-0.25, -0.2) is 0 Å². The highest BCUT2D eigenvalue weighted by Crippen LogP contribution is 2.41. The highest BCUT2D eigenvalue weighted by atomic mass is 32.1. The number of carboxylic acid groups (broad SMARTS) is 1. The summed E-state index contributed by atoms with van der Waals surface area (Å²) in [4.78, 5) is 10.7. The number of hydrogen-bond acceptors (Lipinski definition) is 2. The molecule has 3 heteroatoms. The van der Waals surface area contributed by atoms with Gasteiger partial charge in [-0.15, -0.1) is 0 Å². The molecular formula is C12H14O2S. The zero-order chi connectivity index (χ0) is 10.8. The molecule has 0 amide bonds. The van der Waals surface area contributed by atoms with Crippen molar-refractivity contribution < 1.29 is 9.90 Å². The van der Waals surface area contributed by atoms with Crippen molar-refractivity contribution in [1.29, 1.82) is 0 Å². The van der Waals surface area contributed by atoms with Crippen LogP contribution in [0.1, 0.15) is 29.9 Å². The number of rotatable bonds is 4. The fourth-order valence-electron chi connectivity index (χ4n) is 1.81. The minimum atomic E-state index is -0.844. The Morgan fingerprint density at radius 1 is 1.47 bits per heavy atom. The Morgan fingerprint density at radius 2 is 2.13 bits per heavy atom. The summed E-state index contributed by atoms with van der Waals surface area (Å²) >= 11 is 4.07. The Morgan fingerprint density at radius 3 is 2.73 bits per heavy atom. The minimum absolute atomic E-state index is 0.519. The van der Waals surface area contributed by atoms with Crippen molar-refractivity contribution in [1.82, 2.24) is 0 Å². The molecule has 80 valence electrons. The van der Waals surface area contributed by atoms with Crippen LogP contribution in [0.5, 0.6) is 0 Å². The lowest BCUT2D eigenvalue weighted by molar-refractivity contribution is -0.136. The topological polar surface area (TPSA) is 37.3 Å². The van der Waals surface area contributed by atoms with Gasteiger partial charge in [0, 0.05) is 0 Å². The van der Waals surface area contributed by atoms with Crippen molar-refractivity contribution in [3.63, 3.8) is 0 Å². The number of thiol groups is 1. The number of carbonyl (C=O) groups is 1. The molecule has 0 bridgehead atoms. The Labute approximate surface area is 94.7 Å². The van der Waals surface area contributed by atoms with Crippen LogP contribution in [0.4, 0.5) is 0 Å². The molecule has 15 heavy (non-hydrogen) atoms. The summed E-state index contributed by atoms with van der Waals surface area (Å²) in [6, 6.07) is 8.10. The second-order valence-corrected chi connectivity index (χ2v) is 4.65. The van der Waals surface area contributed by atoms with Gasteiger partial charge < -0.3 is 5.11 Å². The average Bonchev–Trinajstić information content (AvgIpc) is 3.02. The molecule has 1 fully saturated rings. The number of carboxylic acids is 1. The molecule has 1 aliphatic carbocycles. The van der Waals surface area contributed by atoms with E-state index in [2.05, 4.69) is 18.7 Å². The van der Waals surface area contributed by atoms with E-state index >= 15 is 0 Å².